The number of para-hydroxylation sites is 3. The molecule has 9 rings (SSSR count). The number of nitriles is 3. The maximum Gasteiger partial charge on any atom is 0.319 e. The number of nitrogens with zero attached hydrogens (tertiary/aromatic N) is 12. The van der Waals surface area contributed by atoms with E-state index in [0.717, 1.165) is 46.4 Å². The lowest BCUT2D eigenvalue weighted by Gasteiger charge is -2.08. The topological polar surface area (TPSA) is 206 Å². The molecular weight excluding hydrogens is 872 g/mol. The van der Waals surface area contributed by atoms with E-state index in [1.807, 2.05) is 79.7 Å². The molecule has 0 radical (unpaired) electrons. The molecular formula is C42H28Cl2N12O2S3. The van der Waals surface area contributed by atoms with Crippen molar-refractivity contribution in [1.82, 2.24) is 44.9 Å². The molecule has 0 spiro atoms. The smallest absolute Gasteiger partial charge is 0.319 e. The highest BCUT2D eigenvalue weighted by Gasteiger charge is 2.23. The molecule has 0 saturated carbocycles. The van der Waals surface area contributed by atoms with Crippen LogP contribution >= 0.6 is 57.2 Å². The van der Waals surface area contributed by atoms with Gasteiger partial charge in [0.25, 0.3) is 0 Å². The molecule has 9 aromatic rings. The van der Waals surface area contributed by atoms with Crippen LogP contribution in [0.2, 0.25) is 10.6 Å². The molecule has 0 fully saturated rings. The second kappa shape index (κ2) is 19.5. The summed E-state index contributed by atoms with van der Waals surface area (Å²) in [7, 11) is 2.97. The van der Waals surface area contributed by atoms with Crippen molar-refractivity contribution in [3.05, 3.63) is 146 Å². The SMILES string of the molecule is COc1cc(C(C#N)c2nc3ccccc3s2)nc(OC)n1.Cc1cc(C(C#N)c2nc3ccccc3s2)nc(Cl)n1.N#CC(c1ccnc(Cl)n1)c1nc2ccccc2s1. The van der Waals surface area contributed by atoms with Gasteiger partial charge in [0.2, 0.25) is 16.4 Å². The summed E-state index contributed by atoms with van der Waals surface area (Å²) in [6.45, 7) is 1.82. The van der Waals surface area contributed by atoms with Gasteiger partial charge in [-0.2, -0.15) is 25.8 Å². The van der Waals surface area contributed by atoms with E-state index in [4.69, 9.17) is 32.7 Å². The van der Waals surface area contributed by atoms with Crippen LogP contribution in [0.5, 0.6) is 11.9 Å². The number of ether oxygens (including phenoxy) is 2. The third-order valence-electron chi connectivity index (χ3n) is 8.53. The fraction of sp³-hybridized carbons (Fsp3) is 0.143. The molecule has 61 heavy (non-hydrogen) atoms. The first-order valence-corrected chi connectivity index (χ1v) is 21.1. The Hall–Kier alpha value is -6.78. The third kappa shape index (κ3) is 9.99. The number of aromatic nitrogens is 9. The summed E-state index contributed by atoms with van der Waals surface area (Å²) >= 11 is 16.1. The van der Waals surface area contributed by atoms with Gasteiger partial charge in [0.05, 0.1) is 80.2 Å². The fourth-order valence-corrected chi connectivity index (χ4v) is 9.22. The van der Waals surface area contributed by atoms with E-state index in [-0.39, 0.29) is 16.6 Å². The summed E-state index contributed by atoms with van der Waals surface area (Å²) in [6, 6.07) is 35.3. The van der Waals surface area contributed by atoms with Gasteiger partial charge in [-0.3, -0.25) is 0 Å². The van der Waals surface area contributed by atoms with E-state index in [1.54, 1.807) is 24.4 Å². The molecule has 0 aliphatic heterocycles. The van der Waals surface area contributed by atoms with Gasteiger partial charge < -0.3 is 9.47 Å². The summed E-state index contributed by atoms with van der Waals surface area (Å²) in [6.07, 6.45) is 1.54. The molecule has 3 unspecified atom stereocenters. The third-order valence-corrected chi connectivity index (χ3v) is 12.2. The van der Waals surface area contributed by atoms with E-state index in [1.165, 1.54) is 48.2 Å². The van der Waals surface area contributed by atoms with Crippen LogP contribution in [0.1, 0.15) is 55.6 Å². The zero-order valence-electron chi connectivity index (χ0n) is 32.1. The predicted octanol–water partition coefficient (Wildman–Crippen LogP) is 9.86. The molecule has 0 bridgehead atoms. The number of hydrogen-bond donors (Lipinski definition) is 0. The molecule has 0 aliphatic carbocycles. The van der Waals surface area contributed by atoms with Crippen LogP contribution < -0.4 is 9.47 Å². The summed E-state index contributed by atoms with van der Waals surface area (Å²) in [5.41, 5.74) is 5.06. The zero-order chi connectivity index (χ0) is 42.9. The van der Waals surface area contributed by atoms with Gasteiger partial charge in [-0.05, 0) is 78.7 Å². The number of halogens is 2. The number of benzene rings is 3. The van der Waals surface area contributed by atoms with Gasteiger partial charge in [-0.25, -0.2) is 34.9 Å². The molecule has 3 aromatic carbocycles. The lowest BCUT2D eigenvalue weighted by atomic mass is 10.1. The largest absolute Gasteiger partial charge is 0.481 e. The Balaban J connectivity index is 0.000000138. The fourth-order valence-electron chi connectivity index (χ4n) is 5.76. The standard InChI is InChI=1S/C15H12N4O2S.C14H9ClN4S.C13H7ClN4S/c1-20-13-7-11(18-15(19-13)21-2)9(8-16)14-17-10-5-3-4-6-12(10)22-14;1-8-6-11(19-14(15)17-8)9(7-16)13-18-10-4-2-3-5-12(10)20-13;14-13-16-6-5-9(18-13)8(7-15)12-17-10-3-1-2-4-11(10)19-12/h3-7,9H,1-2H3;2-6,9H,1H3;1-6,8H. The van der Waals surface area contributed by atoms with Crippen molar-refractivity contribution >= 4 is 87.9 Å². The van der Waals surface area contributed by atoms with Crippen LogP contribution in [-0.4, -0.2) is 59.1 Å². The summed E-state index contributed by atoms with van der Waals surface area (Å²) in [5.74, 6) is -1.28. The van der Waals surface area contributed by atoms with E-state index < -0.39 is 17.8 Å². The summed E-state index contributed by atoms with van der Waals surface area (Å²) in [5, 5.41) is 30.8. The highest BCUT2D eigenvalue weighted by atomic mass is 35.5. The average molecular weight is 900 g/mol. The second-order valence-electron chi connectivity index (χ2n) is 12.5. The van der Waals surface area contributed by atoms with Gasteiger partial charge in [-0.15, -0.1) is 34.0 Å². The summed E-state index contributed by atoms with van der Waals surface area (Å²) in [4.78, 5) is 37.9. The number of aryl methyl sites for hydroxylation is 1. The Labute approximate surface area is 370 Å². The first kappa shape index (κ1) is 42.3. The lowest BCUT2D eigenvalue weighted by molar-refractivity contribution is 0.350. The quantitative estimate of drug-likeness (QED) is 0.130. The zero-order valence-corrected chi connectivity index (χ0v) is 36.1. The average Bonchev–Trinajstić information content (AvgIpc) is 4.02. The number of fused-ring (bicyclic) bond motifs is 3. The van der Waals surface area contributed by atoms with Crippen molar-refractivity contribution < 1.29 is 9.47 Å². The first-order chi connectivity index (χ1) is 29.7. The minimum absolute atomic E-state index is 0.138. The molecule has 0 amide bonds. The van der Waals surface area contributed by atoms with Crippen LogP contribution in [0.4, 0.5) is 0 Å². The Morgan fingerprint density at radius 3 is 1.41 bits per heavy atom. The molecule has 19 heteroatoms. The van der Waals surface area contributed by atoms with Crippen molar-refractivity contribution in [3.8, 4) is 30.1 Å². The molecule has 0 aliphatic rings. The van der Waals surface area contributed by atoms with Gasteiger partial charge in [-0.1, -0.05) is 36.4 Å². The van der Waals surface area contributed by atoms with Gasteiger partial charge in [0.15, 0.2) is 0 Å². The van der Waals surface area contributed by atoms with Crippen molar-refractivity contribution in [2.24, 2.45) is 0 Å². The molecule has 6 heterocycles. The highest BCUT2D eigenvalue weighted by molar-refractivity contribution is 7.19. The Morgan fingerprint density at radius 2 is 0.984 bits per heavy atom. The predicted molar refractivity (Wildman–Crippen MR) is 235 cm³/mol. The highest BCUT2D eigenvalue weighted by Crippen LogP contribution is 2.34. The molecule has 3 atom stereocenters. The monoisotopic (exact) mass is 898 g/mol. The summed E-state index contributed by atoms with van der Waals surface area (Å²) < 4.78 is 13.3. The van der Waals surface area contributed by atoms with Crippen molar-refractivity contribution in [1.29, 1.82) is 15.8 Å². The molecule has 14 nitrogen and oxygen atoms in total. The van der Waals surface area contributed by atoms with E-state index in [2.05, 4.69) is 63.1 Å². The Morgan fingerprint density at radius 1 is 0.525 bits per heavy atom. The van der Waals surface area contributed by atoms with Gasteiger partial charge in [0.1, 0.15) is 32.8 Å². The minimum atomic E-state index is -0.594. The number of thiazole rings is 3. The minimum Gasteiger partial charge on any atom is -0.481 e. The van der Waals surface area contributed by atoms with E-state index in [9.17, 15) is 15.8 Å². The van der Waals surface area contributed by atoms with Gasteiger partial charge >= 0.3 is 6.01 Å². The van der Waals surface area contributed by atoms with Crippen LogP contribution in [0.25, 0.3) is 30.6 Å². The number of hydrogen-bond acceptors (Lipinski definition) is 17. The van der Waals surface area contributed by atoms with Crippen LogP contribution in [0, 0.1) is 40.9 Å². The maximum absolute atomic E-state index is 9.56. The Bertz CT molecular complexity index is 2980. The normalized spacial score (nSPS) is 12.1. The van der Waals surface area contributed by atoms with Crippen molar-refractivity contribution in [2.75, 3.05) is 14.2 Å². The van der Waals surface area contributed by atoms with Crippen LogP contribution in [0.3, 0.4) is 0 Å². The van der Waals surface area contributed by atoms with E-state index >= 15 is 0 Å². The molecule has 300 valence electrons. The number of rotatable bonds is 8. The van der Waals surface area contributed by atoms with Crippen molar-refractivity contribution in [2.45, 2.75) is 24.7 Å². The van der Waals surface area contributed by atoms with Crippen LogP contribution in [-0.2, 0) is 0 Å². The Kier molecular flexibility index (Phi) is 13.6. The van der Waals surface area contributed by atoms with E-state index in [0.29, 0.717) is 28.0 Å². The lowest BCUT2D eigenvalue weighted by Crippen LogP contribution is -2.05. The molecule has 0 saturated heterocycles. The second-order valence-corrected chi connectivity index (χ2v) is 16.4. The molecule has 6 aromatic heterocycles. The van der Waals surface area contributed by atoms with Crippen molar-refractivity contribution in [3.63, 3.8) is 0 Å². The molecule has 0 N–H and O–H groups in total. The first-order valence-electron chi connectivity index (χ1n) is 17.9. The number of methoxy groups -OCH3 is 2. The maximum atomic E-state index is 9.56. The van der Waals surface area contributed by atoms with Crippen LogP contribution in [0.15, 0.2) is 97.2 Å². The van der Waals surface area contributed by atoms with Gasteiger partial charge in [0, 0.05) is 18.0 Å².